The minimum absolute atomic E-state index is 0.417. The smallest absolute Gasteiger partial charge is 0.256 e. The highest BCUT2D eigenvalue weighted by Crippen LogP contribution is 2.19. The van der Waals surface area contributed by atoms with E-state index in [0.717, 1.165) is 11.3 Å². The van der Waals surface area contributed by atoms with Gasteiger partial charge in [0.2, 0.25) is 4.77 Å². The van der Waals surface area contributed by atoms with Gasteiger partial charge in [-0.1, -0.05) is 36.4 Å². The Morgan fingerprint density at radius 2 is 1.50 bits per heavy atom. The molecule has 0 spiro atoms. The van der Waals surface area contributed by atoms with Gasteiger partial charge in [0.15, 0.2) is 0 Å². The molecule has 88 valence electrons. The number of hydrogen-bond acceptors (Lipinski definition) is 3. The van der Waals surface area contributed by atoms with Crippen LogP contribution in [0.15, 0.2) is 65.2 Å². The summed E-state index contributed by atoms with van der Waals surface area (Å²) < 4.78 is 7.66. The van der Waals surface area contributed by atoms with Crippen LogP contribution in [0.3, 0.4) is 0 Å². The third-order valence-electron chi connectivity index (χ3n) is 2.56. The first-order valence-corrected chi connectivity index (χ1v) is 5.96. The van der Waals surface area contributed by atoms with E-state index in [-0.39, 0.29) is 0 Å². The molecule has 0 N–H and O–H groups in total. The zero-order valence-electron chi connectivity index (χ0n) is 9.48. The fourth-order valence-corrected chi connectivity index (χ4v) is 1.93. The Kier molecular flexibility index (Phi) is 2.78. The minimum Gasteiger partial charge on any atom is -0.351 e. The highest BCUT2D eigenvalue weighted by atomic mass is 32.1. The fraction of sp³-hybridized carbons (Fsp3) is 0. The van der Waals surface area contributed by atoms with Gasteiger partial charge in [0.1, 0.15) is 0 Å². The van der Waals surface area contributed by atoms with E-state index in [1.807, 2.05) is 60.7 Å². The third-order valence-corrected chi connectivity index (χ3v) is 2.82. The molecular weight excluding hydrogens is 244 g/mol. The van der Waals surface area contributed by atoms with Crippen molar-refractivity contribution in [2.75, 3.05) is 0 Å². The molecule has 0 aliphatic carbocycles. The second-order valence-electron chi connectivity index (χ2n) is 3.79. The number of hydrogen-bond donors (Lipinski definition) is 0. The topological polar surface area (TPSA) is 31.0 Å². The Morgan fingerprint density at radius 3 is 2.17 bits per heavy atom. The van der Waals surface area contributed by atoms with Crippen molar-refractivity contribution in [3.05, 3.63) is 65.4 Å². The van der Waals surface area contributed by atoms with Gasteiger partial charge < -0.3 is 4.52 Å². The van der Waals surface area contributed by atoms with Crippen molar-refractivity contribution in [1.82, 2.24) is 9.72 Å². The normalized spacial score (nSPS) is 10.4. The molecule has 0 unspecified atom stereocenters. The summed E-state index contributed by atoms with van der Waals surface area (Å²) in [6.45, 7) is 0. The number of benzene rings is 2. The SMILES string of the molecule is S=c1nc(-c2ccccc2)on1-c1ccccc1. The summed E-state index contributed by atoms with van der Waals surface area (Å²) in [5, 5.41) is 0. The highest BCUT2D eigenvalue weighted by Gasteiger charge is 2.08. The Morgan fingerprint density at radius 1 is 0.889 bits per heavy atom. The Hall–Kier alpha value is -2.20. The summed E-state index contributed by atoms with van der Waals surface area (Å²) in [5.74, 6) is 0.532. The molecule has 0 saturated carbocycles. The van der Waals surface area contributed by atoms with Crippen LogP contribution in [-0.4, -0.2) is 9.72 Å². The zero-order chi connectivity index (χ0) is 12.4. The molecule has 0 amide bonds. The predicted molar refractivity (Wildman–Crippen MR) is 72.1 cm³/mol. The van der Waals surface area contributed by atoms with Gasteiger partial charge in [0.05, 0.1) is 5.69 Å². The van der Waals surface area contributed by atoms with Crippen LogP contribution in [-0.2, 0) is 0 Å². The van der Waals surface area contributed by atoms with Crippen LogP contribution >= 0.6 is 12.2 Å². The van der Waals surface area contributed by atoms with E-state index in [4.69, 9.17) is 16.7 Å². The predicted octanol–water partition coefficient (Wildman–Crippen LogP) is 3.86. The molecule has 0 aliphatic heterocycles. The molecule has 0 fully saturated rings. The van der Waals surface area contributed by atoms with Crippen LogP contribution in [0.4, 0.5) is 0 Å². The lowest BCUT2D eigenvalue weighted by Gasteiger charge is -1.98. The molecule has 3 aromatic rings. The molecule has 0 aliphatic rings. The molecule has 4 heteroatoms. The van der Waals surface area contributed by atoms with Gasteiger partial charge in [-0.3, -0.25) is 0 Å². The molecule has 0 bridgehead atoms. The molecular formula is C14H10N2OS. The average molecular weight is 254 g/mol. The number of aromatic nitrogens is 2. The van der Waals surface area contributed by atoms with Crippen molar-refractivity contribution in [3.8, 4) is 17.1 Å². The molecule has 3 nitrogen and oxygen atoms in total. The Balaban J connectivity index is 2.10. The van der Waals surface area contributed by atoms with Crippen LogP contribution in [0.5, 0.6) is 0 Å². The lowest BCUT2D eigenvalue weighted by Crippen LogP contribution is -1.90. The molecule has 0 radical (unpaired) electrons. The summed E-state index contributed by atoms with van der Waals surface area (Å²) in [5.41, 5.74) is 1.79. The first-order chi connectivity index (χ1) is 8.84. The monoisotopic (exact) mass is 254 g/mol. The maximum atomic E-state index is 5.69. The van der Waals surface area contributed by atoms with Crippen LogP contribution in [0.1, 0.15) is 0 Å². The third kappa shape index (κ3) is 1.98. The highest BCUT2D eigenvalue weighted by molar-refractivity contribution is 7.71. The standard InChI is InChI=1S/C14H10N2OS/c18-14-15-13(11-7-3-1-4-8-11)17-16(14)12-9-5-2-6-10-12/h1-10H. The molecule has 0 atom stereocenters. The summed E-state index contributed by atoms with van der Waals surface area (Å²) in [4.78, 5) is 4.27. The first-order valence-electron chi connectivity index (χ1n) is 5.56. The van der Waals surface area contributed by atoms with Crippen LogP contribution < -0.4 is 0 Å². The van der Waals surface area contributed by atoms with E-state index >= 15 is 0 Å². The van der Waals surface area contributed by atoms with E-state index in [1.54, 1.807) is 4.74 Å². The lowest BCUT2D eigenvalue weighted by atomic mass is 10.2. The second kappa shape index (κ2) is 4.58. The van der Waals surface area contributed by atoms with Crippen molar-refractivity contribution in [2.24, 2.45) is 0 Å². The van der Waals surface area contributed by atoms with Crippen molar-refractivity contribution in [1.29, 1.82) is 0 Å². The van der Waals surface area contributed by atoms with Gasteiger partial charge in [0, 0.05) is 5.56 Å². The molecule has 0 saturated heterocycles. The van der Waals surface area contributed by atoms with Crippen LogP contribution in [0, 0.1) is 4.77 Å². The van der Waals surface area contributed by atoms with Crippen molar-refractivity contribution < 1.29 is 4.52 Å². The summed E-state index contributed by atoms with van der Waals surface area (Å²) >= 11 is 5.21. The van der Waals surface area contributed by atoms with Gasteiger partial charge in [-0.15, -0.1) is 4.74 Å². The quantitative estimate of drug-likeness (QED) is 0.651. The number of rotatable bonds is 2. The van der Waals surface area contributed by atoms with E-state index in [1.165, 1.54) is 0 Å². The summed E-state index contributed by atoms with van der Waals surface area (Å²) in [6.07, 6.45) is 0. The van der Waals surface area contributed by atoms with E-state index in [2.05, 4.69) is 4.98 Å². The van der Waals surface area contributed by atoms with Gasteiger partial charge in [-0.25, -0.2) is 0 Å². The van der Waals surface area contributed by atoms with Crippen LogP contribution in [0.25, 0.3) is 17.1 Å². The Labute approximate surface area is 109 Å². The van der Waals surface area contributed by atoms with Gasteiger partial charge in [-0.05, 0) is 36.5 Å². The lowest BCUT2D eigenvalue weighted by molar-refractivity contribution is 0.353. The van der Waals surface area contributed by atoms with E-state index in [0.29, 0.717) is 10.7 Å². The summed E-state index contributed by atoms with van der Waals surface area (Å²) in [6, 6.07) is 19.4. The summed E-state index contributed by atoms with van der Waals surface area (Å²) in [7, 11) is 0. The fourth-order valence-electron chi connectivity index (χ4n) is 1.70. The maximum absolute atomic E-state index is 5.69. The maximum Gasteiger partial charge on any atom is 0.256 e. The minimum atomic E-state index is 0.417. The largest absolute Gasteiger partial charge is 0.351 e. The number of para-hydroxylation sites is 1. The van der Waals surface area contributed by atoms with Gasteiger partial charge >= 0.3 is 0 Å². The molecule has 3 rings (SSSR count). The first kappa shape index (κ1) is 10.9. The van der Waals surface area contributed by atoms with Crippen LogP contribution in [0.2, 0.25) is 0 Å². The van der Waals surface area contributed by atoms with E-state index in [9.17, 15) is 0 Å². The Bertz CT molecular complexity index is 701. The van der Waals surface area contributed by atoms with E-state index < -0.39 is 0 Å². The van der Waals surface area contributed by atoms with Gasteiger partial charge in [-0.2, -0.15) is 4.98 Å². The second-order valence-corrected chi connectivity index (χ2v) is 4.15. The molecule has 18 heavy (non-hydrogen) atoms. The van der Waals surface area contributed by atoms with Crippen molar-refractivity contribution in [2.45, 2.75) is 0 Å². The van der Waals surface area contributed by atoms with Crippen molar-refractivity contribution >= 4 is 12.2 Å². The van der Waals surface area contributed by atoms with Gasteiger partial charge in [0.25, 0.3) is 5.89 Å². The zero-order valence-corrected chi connectivity index (χ0v) is 10.3. The molecule has 1 heterocycles. The van der Waals surface area contributed by atoms with Crippen molar-refractivity contribution in [3.63, 3.8) is 0 Å². The number of nitrogens with zero attached hydrogens (tertiary/aromatic N) is 2. The molecule has 2 aromatic carbocycles. The molecule has 1 aromatic heterocycles. The average Bonchev–Trinajstić information content (AvgIpc) is 2.83.